The number of hydrogen-bond donors (Lipinski definition) is 0. The molecule has 0 atom stereocenters. The highest BCUT2D eigenvalue weighted by Crippen LogP contribution is 2.21. The third-order valence-electron chi connectivity index (χ3n) is 3.62. The van der Waals surface area contributed by atoms with Crippen molar-refractivity contribution in [2.75, 3.05) is 6.26 Å². The Morgan fingerprint density at radius 2 is 1.67 bits per heavy atom. The van der Waals surface area contributed by atoms with Gasteiger partial charge in [0, 0.05) is 6.20 Å². The van der Waals surface area contributed by atoms with Gasteiger partial charge in [0.25, 0.3) is 0 Å². The first kappa shape index (κ1) is 16.3. The fraction of sp³-hybridized carbons (Fsp3) is 0.100. The second kappa shape index (κ2) is 7.79. The zero-order chi connectivity index (χ0) is 16.8. The van der Waals surface area contributed by atoms with E-state index >= 15 is 0 Å². The van der Waals surface area contributed by atoms with E-state index in [1.807, 2.05) is 48.7 Å². The molecule has 0 N–H and O–H groups in total. The van der Waals surface area contributed by atoms with Crippen molar-refractivity contribution in [1.82, 2.24) is 4.98 Å². The lowest BCUT2D eigenvalue weighted by atomic mass is 10.0. The van der Waals surface area contributed by atoms with Crippen LogP contribution in [0.3, 0.4) is 0 Å². The van der Waals surface area contributed by atoms with Crippen molar-refractivity contribution in [1.29, 1.82) is 0 Å². The number of ether oxygens (including phenoxy) is 1. The summed E-state index contributed by atoms with van der Waals surface area (Å²) in [6, 6.07) is 21.7. The summed E-state index contributed by atoms with van der Waals surface area (Å²) in [4.78, 5) is 16.4. The number of benzene rings is 2. The maximum Gasteiger partial charge on any atom is 0.341 e. The Morgan fingerprint density at radius 1 is 0.958 bits per heavy atom. The van der Waals surface area contributed by atoms with E-state index in [0.29, 0.717) is 10.6 Å². The first-order valence-electron chi connectivity index (χ1n) is 7.58. The third kappa shape index (κ3) is 3.84. The van der Waals surface area contributed by atoms with Crippen molar-refractivity contribution >= 4 is 17.7 Å². The summed E-state index contributed by atoms with van der Waals surface area (Å²) in [6.45, 7) is 0.247. The normalized spacial score (nSPS) is 10.4. The molecule has 2 aromatic carbocycles. The number of pyridine rings is 1. The van der Waals surface area contributed by atoms with Gasteiger partial charge in [0.05, 0.1) is 5.56 Å². The minimum atomic E-state index is -0.348. The number of thioether (sulfide) groups is 1. The van der Waals surface area contributed by atoms with Gasteiger partial charge in [0.2, 0.25) is 0 Å². The lowest BCUT2D eigenvalue weighted by Gasteiger charge is -2.08. The van der Waals surface area contributed by atoms with E-state index in [-0.39, 0.29) is 12.6 Å². The molecule has 0 unspecified atom stereocenters. The molecule has 0 radical (unpaired) electrons. The largest absolute Gasteiger partial charge is 0.457 e. The van der Waals surface area contributed by atoms with Crippen molar-refractivity contribution in [2.45, 2.75) is 11.6 Å². The Hall–Kier alpha value is -2.59. The second-order valence-corrected chi connectivity index (χ2v) is 5.99. The van der Waals surface area contributed by atoms with Gasteiger partial charge >= 0.3 is 5.97 Å². The SMILES string of the molecule is CSc1ncccc1C(=O)OCc1ccc(-c2ccccc2)cc1. The van der Waals surface area contributed by atoms with E-state index in [0.717, 1.165) is 11.1 Å². The molecule has 0 saturated carbocycles. The number of rotatable bonds is 5. The molecule has 0 bridgehead atoms. The Bertz CT molecular complexity index is 817. The quantitative estimate of drug-likeness (QED) is 0.495. The summed E-state index contributed by atoms with van der Waals surface area (Å²) in [5.74, 6) is -0.348. The van der Waals surface area contributed by atoms with Crippen LogP contribution in [0.2, 0.25) is 0 Å². The van der Waals surface area contributed by atoms with Gasteiger partial charge in [-0.15, -0.1) is 11.8 Å². The van der Waals surface area contributed by atoms with Crippen LogP contribution in [0.5, 0.6) is 0 Å². The minimum Gasteiger partial charge on any atom is -0.457 e. The van der Waals surface area contributed by atoms with Crippen LogP contribution in [-0.2, 0) is 11.3 Å². The van der Waals surface area contributed by atoms with Crippen LogP contribution in [0.15, 0.2) is 78.0 Å². The molecule has 0 spiro atoms. The lowest BCUT2D eigenvalue weighted by molar-refractivity contribution is 0.0467. The number of nitrogens with zero attached hydrogens (tertiary/aromatic N) is 1. The van der Waals surface area contributed by atoms with Crippen molar-refractivity contribution in [3.05, 3.63) is 84.1 Å². The van der Waals surface area contributed by atoms with E-state index in [4.69, 9.17) is 4.74 Å². The van der Waals surface area contributed by atoms with E-state index < -0.39 is 0 Å². The molecular formula is C20H17NO2S. The summed E-state index contributed by atoms with van der Waals surface area (Å²) in [6.07, 6.45) is 3.56. The van der Waals surface area contributed by atoms with E-state index in [1.54, 1.807) is 18.3 Å². The third-order valence-corrected chi connectivity index (χ3v) is 4.33. The minimum absolute atomic E-state index is 0.247. The number of carbonyl (C=O) groups excluding carboxylic acids is 1. The fourth-order valence-corrected chi connectivity index (χ4v) is 2.90. The Morgan fingerprint density at radius 3 is 2.38 bits per heavy atom. The highest BCUT2D eigenvalue weighted by molar-refractivity contribution is 7.98. The van der Waals surface area contributed by atoms with Crippen LogP contribution in [-0.4, -0.2) is 17.2 Å². The topological polar surface area (TPSA) is 39.2 Å². The molecule has 4 heteroatoms. The molecule has 0 fully saturated rings. The summed E-state index contributed by atoms with van der Waals surface area (Å²) in [5.41, 5.74) is 3.77. The predicted molar refractivity (Wildman–Crippen MR) is 97.0 cm³/mol. The second-order valence-electron chi connectivity index (χ2n) is 5.20. The molecule has 24 heavy (non-hydrogen) atoms. The van der Waals surface area contributed by atoms with E-state index in [1.165, 1.54) is 17.3 Å². The smallest absolute Gasteiger partial charge is 0.341 e. The van der Waals surface area contributed by atoms with Crippen LogP contribution in [0.4, 0.5) is 0 Å². The lowest BCUT2D eigenvalue weighted by Crippen LogP contribution is -2.07. The Balaban J connectivity index is 1.66. The summed E-state index contributed by atoms with van der Waals surface area (Å²) < 4.78 is 5.41. The molecule has 3 nitrogen and oxygen atoms in total. The first-order chi connectivity index (χ1) is 11.8. The number of esters is 1. The molecule has 120 valence electrons. The van der Waals surface area contributed by atoms with Gasteiger partial charge in [-0.05, 0) is 35.1 Å². The Kier molecular flexibility index (Phi) is 5.29. The molecule has 0 aliphatic carbocycles. The zero-order valence-corrected chi connectivity index (χ0v) is 14.1. The van der Waals surface area contributed by atoms with Crippen molar-refractivity contribution in [2.24, 2.45) is 0 Å². The molecule has 1 heterocycles. The van der Waals surface area contributed by atoms with Crippen LogP contribution < -0.4 is 0 Å². The molecule has 0 saturated heterocycles. The summed E-state index contributed by atoms with van der Waals surface area (Å²) in [7, 11) is 0. The van der Waals surface area contributed by atoms with Crippen LogP contribution in [0.1, 0.15) is 15.9 Å². The van der Waals surface area contributed by atoms with Crippen LogP contribution >= 0.6 is 11.8 Å². The molecule has 0 aliphatic heterocycles. The van der Waals surface area contributed by atoms with E-state index in [9.17, 15) is 4.79 Å². The predicted octanol–water partition coefficient (Wildman–Crippen LogP) is 4.83. The molecule has 0 amide bonds. The van der Waals surface area contributed by atoms with Gasteiger partial charge in [-0.3, -0.25) is 0 Å². The molecular weight excluding hydrogens is 318 g/mol. The molecule has 3 rings (SSSR count). The highest BCUT2D eigenvalue weighted by Gasteiger charge is 2.13. The number of aromatic nitrogens is 1. The standard InChI is InChI=1S/C20H17NO2S/c1-24-19-18(8-5-13-21-19)20(22)23-14-15-9-11-17(12-10-15)16-6-3-2-4-7-16/h2-13H,14H2,1H3. The molecule has 1 aromatic heterocycles. The average molecular weight is 335 g/mol. The zero-order valence-electron chi connectivity index (χ0n) is 13.3. The first-order valence-corrected chi connectivity index (χ1v) is 8.81. The molecule has 0 aliphatic rings. The maximum atomic E-state index is 12.2. The van der Waals surface area contributed by atoms with Crippen molar-refractivity contribution < 1.29 is 9.53 Å². The number of hydrogen-bond acceptors (Lipinski definition) is 4. The van der Waals surface area contributed by atoms with Gasteiger partial charge in [-0.1, -0.05) is 54.6 Å². The van der Waals surface area contributed by atoms with E-state index in [2.05, 4.69) is 17.1 Å². The van der Waals surface area contributed by atoms with Gasteiger partial charge in [0.15, 0.2) is 0 Å². The highest BCUT2D eigenvalue weighted by atomic mass is 32.2. The van der Waals surface area contributed by atoms with Gasteiger partial charge < -0.3 is 4.74 Å². The summed E-state index contributed by atoms with van der Waals surface area (Å²) >= 11 is 1.43. The van der Waals surface area contributed by atoms with Gasteiger partial charge in [0.1, 0.15) is 11.6 Å². The maximum absolute atomic E-state index is 12.2. The van der Waals surface area contributed by atoms with Gasteiger partial charge in [-0.2, -0.15) is 0 Å². The van der Waals surface area contributed by atoms with Crippen LogP contribution in [0.25, 0.3) is 11.1 Å². The van der Waals surface area contributed by atoms with Crippen molar-refractivity contribution in [3.8, 4) is 11.1 Å². The van der Waals surface area contributed by atoms with Gasteiger partial charge in [-0.25, -0.2) is 9.78 Å². The monoisotopic (exact) mass is 335 g/mol. The Labute approximate surface area is 145 Å². The fourth-order valence-electron chi connectivity index (χ4n) is 2.36. The summed E-state index contributed by atoms with van der Waals surface area (Å²) in [5, 5.41) is 0.682. The average Bonchev–Trinajstić information content (AvgIpc) is 2.67. The molecule has 3 aromatic rings. The van der Waals surface area contributed by atoms with Crippen LogP contribution in [0, 0.1) is 0 Å². The number of carbonyl (C=O) groups is 1. The van der Waals surface area contributed by atoms with Crippen molar-refractivity contribution in [3.63, 3.8) is 0 Å².